The summed E-state index contributed by atoms with van der Waals surface area (Å²) >= 11 is 5.93. The van der Waals surface area contributed by atoms with E-state index < -0.39 is 11.7 Å². The summed E-state index contributed by atoms with van der Waals surface area (Å²) in [5.41, 5.74) is 3.26. The fourth-order valence-electron chi connectivity index (χ4n) is 2.59. The molecule has 0 fully saturated rings. The van der Waals surface area contributed by atoms with Gasteiger partial charge in [-0.05, 0) is 44.5 Å². The average Bonchev–Trinajstić information content (AvgIpc) is 2.64. The molecule has 3 rings (SSSR count). The van der Waals surface area contributed by atoms with Crippen molar-refractivity contribution >= 4 is 23.2 Å². The Balaban J connectivity index is 1.81. The van der Waals surface area contributed by atoms with Gasteiger partial charge in [0, 0.05) is 16.3 Å². The van der Waals surface area contributed by atoms with Gasteiger partial charge in [0.1, 0.15) is 6.04 Å². The molecule has 1 amide bonds. The Labute approximate surface area is 161 Å². The highest BCUT2D eigenvalue weighted by Crippen LogP contribution is 2.21. The van der Waals surface area contributed by atoms with Crippen LogP contribution in [0.2, 0.25) is 5.02 Å². The minimum Gasteiger partial charge on any atom is -0.324 e. The quantitative estimate of drug-likeness (QED) is 0.745. The van der Waals surface area contributed by atoms with Crippen LogP contribution in [0.1, 0.15) is 24.1 Å². The molecule has 27 heavy (non-hydrogen) atoms. The number of halogens is 1. The lowest BCUT2D eigenvalue weighted by molar-refractivity contribution is -0.119. The van der Waals surface area contributed by atoms with Crippen molar-refractivity contribution in [3.8, 4) is 11.3 Å². The standard InChI is InChI=1S/C20H19ClN4O2/c1-12-4-6-15(7-5-12)18-11-22-25(20(27)24-18)14(3)19(26)23-17-9-8-16(21)10-13(17)2/h4-11,14H,1-3H3,(H,23,26)/t14-/m0/s1. The summed E-state index contributed by atoms with van der Waals surface area (Å²) < 4.78 is 1.07. The number of carbonyl (C=O) groups excluding carboxylic acids is 1. The number of nitrogens with one attached hydrogen (secondary N) is 1. The maximum absolute atomic E-state index is 12.5. The highest BCUT2D eigenvalue weighted by molar-refractivity contribution is 6.30. The predicted molar refractivity (Wildman–Crippen MR) is 106 cm³/mol. The van der Waals surface area contributed by atoms with Crippen LogP contribution in [-0.4, -0.2) is 20.7 Å². The molecule has 1 N–H and O–H groups in total. The van der Waals surface area contributed by atoms with Gasteiger partial charge >= 0.3 is 5.69 Å². The Hall–Kier alpha value is -2.99. The number of rotatable bonds is 4. The lowest BCUT2D eigenvalue weighted by Gasteiger charge is -2.15. The molecule has 0 aliphatic carbocycles. The number of aromatic nitrogens is 3. The summed E-state index contributed by atoms with van der Waals surface area (Å²) in [5, 5.41) is 7.52. The van der Waals surface area contributed by atoms with Crippen molar-refractivity contribution in [2.45, 2.75) is 26.8 Å². The highest BCUT2D eigenvalue weighted by atomic mass is 35.5. The molecule has 1 aromatic heterocycles. The van der Waals surface area contributed by atoms with Gasteiger partial charge in [-0.25, -0.2) is 9.48 Å². The molecular weight excluding hydrogens is 364 g/mol. The van der Waals surface area contributed by atoms with Crippen LogP contribution in [0.25, 0.3) is 11.3 Å². The van der Waals surface area contributed by atoms with Crippen LogP contribution in [0.5, 0.6) is 0 Å². The molecule has 0 saturated heterocycles. The summed E-state index contributed by atoms with van der Waals surface area (Å²) in [6.07, 6.45) is 1.49. The molecule has 0 saturated carbocycles. The first-order valence-corrected chi connectivity index (χ1v) is 8.83. The second-order valence-electron chi connectivity index (χ2n) is 6.36. The van der Waals surface area contributed by atoms with Crippen molar-refractivity contribution in [2.75, 3.05) is 5.32 Å². The van der Waals surface area contributed by atoms with E-state index in [0.717, 1.165) is 21.4 Å². The van der Waals surface area contributed by atoms with E-state index in [-0.39, 0.29) is 5.91 Å². The number of carbonyl (C=O) groups is 1. The van der Waals surface area contributed by atoms with Crippen molar-refractivity contribution < 1.29 is 4.79 Å². The van der Waals surface area contributed by atoms with Gasteiger partial charge in [-0.2, -0.15) is 10.1 Å². The minimum absolute atomic E-state index is 0.361. The van der Waals surface area contributed by atoms with Crippen molar-refractivity contribution in [3.63, 3.8) is 0 Å². The first-order chi connectivity index (χ1) is 12.8. The fourth-order valence-corrected chi connectivity index (χ4v) is 2.82. The molecule has 0 unspecified atom stereocenters. The van der Waals surface area contributed by atoms with E-state index in [1.165, 1.54) is 6.20 Å². The van der Waals surface area contributed by atoms with Crippen LogP contribution < -0.4 is 11.0 Å². The number of aryl methyl sites for hydroxylation is 2. The number of anilines is 1. The van der Waals surface area contributed by atoms with E-state index in [1.54, 1.807) is 25.1 Å². The monoisotopic (exact) mass is 382 g/mol. The third-order valence-electron chi connectivity index (χ3n) is 4.26. The normalized spacial score (nSPS) is 11.9. The first kappa shape index (κ1) is 18.8. The van der Waals surface area contributed by atoms with Crippen LogP contribution in [0.15, 0.2) is 53.5 Å². The predicted octanol–water partition coefficient (Wildman–Crippen LogP) is 3.78. The minimum atomic E-state index is -0.813. The first-order valence-electron chi connectivity index (χ1n) is 8.45. The molecule has 1 heterocycles. The van der Waals surface area contributed by atoms with Crippen molar-refractivity contribution in [2.24, 2.45) is 0 Å². The molecule has 138 valence electrons. The Bertz CT molecular complexity index is 1040. The zero-order valence-corrected chi connectivity index (χ0v) is 16.0. The van der Waals surface area contributed by atoms with Crippen LogP contribution in [-0.2, 0) is 4.79 Å². The van der Waals surface area contributed by atoms with Crippen LogP contribution >= 0.6 is 11.6 Å². The zero-order valence-electron chi connectivity index (χ0n) is 15.2. The molecule has 0 aliphatic heterocycles. The maximum atomic E-state index is 12.5. The molecule has 0 aliphatic rings. The van der Waals surface area contributed by atoms with Crippen LogP contribution in [0.3, 0.4) is 0 Å². The van der Waals surface area contributed by atoms with Gasteiger partial charge in [-0.1, -0.05) is 41.4 Å². The number of hydrogen-bond donors (Lipinski definition) is 1. The molecule has 1 atom stereocenters. The Morgan fingerprint density at radius 2 is 1.85 bits per heavy atom. The summed E-state index contributed by atoms with van der Waals surface area (Å²) in [6.45, 7) is 5.42. The molecule has 2 aromatic carbocycles. The van der Waals surface area contributed by atoms with Gasteiger partial charge in [0.15, 0.2) is 0 Å². The third-order valence-corrected chi connectivity index (χ3v) is 4.49. The largest absolute Gasteiger partial charge is 0.365 e. The Kier molecular flexibility index (Phi) is 5.37. The molecule has 0 radical (unpaired) electrons. The van der Waals surface area contributed by atoms with Gasteiger partial charge < -0.3 is 5.32 Å². The van der Waals surface area contributed by atoms with Gasteiger partial charge in [0.25, 0.3) is 0 Å². The number of benzene rings is 2. The van der Waals surface area contributed by atoms with E-state index in [2.05, 4.69) is 15.4 Å². The average molecular weight is 383 g/mol. The molecule has 0 spiro atoms. The van der Waals surface area contributed by atoms with E-state index >= 15 is 0 Å². The van der Waals surface area contributed by atoms with Crippen molar-refractivity contribution in [1.29, 1.82) is 0 Å². The van der Waals surface area contributed by atoms with E-state index in [9.17, 15) is 9.59 Å². The number of nitrogens with zero attached hydrogens (tertiary/aromatic N) is 3. The Morgan fingerprint density at radius 3 is 2.48 bits per heavy atom. The topological polar surface area (TPSA) is 76.9 Å². The van der Waals surface area contributed by atoms with Crippen LogP contribution in [0.4, 0.5) is 5.69 Å². The second-order valence-corrected chi connectivity index (χ2v) is 6.80. The molecule has 0 bridgehead atoms. The van der Waals surface area contributed by atoms with Gasteiger partial charge in [0.05, 0.1) is 11.9 Å². The molecule has 6 nitrogen and oxygen atoms in total. The zero-order chi connectivity index (χ0) is 19.6. The summed E-state index contributed by atoms with van der Waals surface area (Å²) in [5.74, 6) is -0.361. The van der Waals surface area contributed by atoms with E-state index in [1.807, 2.05) is 38.1 Å². The highest BCUT2D eigenvalue weighted by Gasteiger charge is 2.19. The van der Waals surface area contributed by atoms with Crippen molar-refractivity contribution in [1.82, 2.24) is 14.8 Å². The smallest absolute Gasteiger partial charge is 0.324 e. The molecule has 7 heteroatoms. The summed E-state index contributed by atoms with van der Waals surface area (Å²) in [7, 11) is 0. The van der Waals surface area contributed by atoms with Crippen molar-refractivity contribution in [3.05, 3.63) is 75.3 Å². The summed E-state index contributed by atoms with van der Waals surface area (Å²) in [4.78, 5) is 29.0. The maximum Gasteiger partial charge on any atom is 0.365 e. The third kappa shape index (κ3) is 4.23. The van der Waals surface area contributed by atoms with Crippen LogP contribution in [0, 0.1) is 13.8 Å². The number of hydrogen-bond acceptors (Lipinski definition) is 4. The van der Waals surface area contributed by atoms with Gasteiger partial charge in [-0.15, -0.1) is 0 Å². The van der Waals surface area contributed by atoms with E-state index in [0.29, 0.717) is 16.4 Å². The molecule has 3 aromatic rings. The van der Waals surface area contributed by atoms with Gasteiger partial charge in [0.2, 0.25) is 5.91 Å². The Morgan fingerprint density at radius 1 is 1.15 bits per heavy atom. The summed E-state index contributed by atoms with van der Waals surface area (Å²) in [6, 6.07) is 12.0. The second kappa shape index (κ2) is 7.72. The lowest BCUT2D eigenvalue weighted by Crippen LogP contribution is -2.35. The SMILES string of the molecule is Cc1ccc(-c2cnn([C@@H](C)C(=O)Nc3ccc(Cl)cc3C)c(=O)n2)cc1. The lowest BCUT2D eigenvalue weighted by atomic mass is 10.1. The number of amides is 1. The fraction of sp³-hybridized carbons (Fsp3) is 0.200. The molecular formula is C20H19ClN4O2. The van der Waals surface area contributed by atoms with E-state index in [4.69, 9.17) is 11.6 Å². The van der Waals surface area contributed by atoms with Gasteiger partial charge in [-0.3, -0.25) is 4.79 Å².